The minimum atomic E-state index is -0.949. The molecule has 2 aromatic carbocycles. The molecule has 2 N–H and O–H groups in total. The topological polar surface area (TPSA) is 89.8 Å². The number of benzene rings is 2. The van der Waals surface area contributed by atoms with E-state index in [1.54, 1.807) is 11.0 Å². The number of aromatic hydroxyl groups is 1. The van der Waals surface area contributed by atoms with Gasteiger partial charge in [-0.25, -0.2) is 9.97 Å². The normalized spacial score (nSPS) is 15.3. The number of aryl methyl sites for hydroxylation is 2. The lowest BCUT2D eigenvalue weighted by Gasteiger charge is -2.37. The molecule has 4 rings (SSSR count). The molecule has 1 atom stereocenters. The number of rotatable bonds is 5. The van der Waals surface area contributed by atoms with Crippen molar-refractivity contribution in [3.8, 4) is 17.1 Å². The lowest BCUT2D eigenvalue weighted by molar-refractivity contribution is -0.141. The SMILES string of the molecule is Cc1ccc2c(N3CCN(C(=O)[C@H](O)CC(C)C)CC3)nc(-c3c(C)cccc3O)nc2c1. The highest BCUT2D eigenvalue weighted by Crippen LogP contribution is 2.34. The molecule has 7 nitrogen and oxygen atoms in total. The van der Waals surface area contributed by atoms with Gasteiger partial charge in [-0.2, -0.15) is 0 Å². The number of nitrogens with zero attached hydrogens (tertiary/aromatic N) is 4. The number of phenols is 1. The first-order chi connectivity index (χ1) is 15.7. The molecule has 1 aliphatic heterocycles. The molecule has 1 fully saturated rings. The van der Waals surface area contributed by atoms with Crippen molar-refractivity contribution < 1.29 is 15.0 Å². The van der Waals surface area contributed by atoms with Gasteiger partial charge >= 0.3 is 0 Å². The Kier molecular flexibility index (Phi) is 6.51. The summed E-state index contributed by atoms with van der Waals surface area (Å²) in [4.78, 5) is 26.2. The van der Waals surface area contributed by atoms with Gasteiger partial charge in [0, 0.05) is 31.6 Å². The molecule has 0 spiro atoms. The predicted molar refractivity (Wildman–Crippen MR) is 130 cm³/mol. The molecule has 0 saturated carbocycles. The number of carbonyl (C=O) groups is 1. The summed E-state index contributed by atoms with van der Waals surface area (Å²) in [5.74, 6) is 1.51. The molecule has 0 aliphatic carbocycles. The van der Waals surface area contributed by atoms with Crippen molar-refractivity contribution in [1.82, 2.24) is 14.9 Å². The van der Waals surface area contributed by atoms with Crippen molar-refractivity contribution in [3.05, 3.63) is 47.5 Å². The summed E-state index contributed by atoms with van der Waals surface area (Å²) in [6.07, 6.45) is -0.479. The third-order valence-corrected chi connectivity index (χ3v) is 6.18. The van der Waals surface area contributed by atoms with Gasteiger partial charge in [-0.15, -0.1) is 0 Å². The molecule has 1 aromatic heterocycles. The van der Waals surface area contributed by atoms with Crippen molar-refractivity contribution in [1.29, 1.82) is 0 Å². The van der Waals surface area contributed by atoms with E-state index in [4.69, 9.17) is 9.97 Å². The van der Waals surface area contributed by atoms with E-state index in [0.29, 0.717) is 44.0 Å². The first-order valence-corrected chi connectivity index (χ1v) is 11.5. The average Bonchev–Trinajstić information content (AvgIpc) is 2.77. The highest BCUT2D eigenvalue weighted by Gasteiger charge is 2.28. The third-order valence-electron chi connectivity index (χ3n) is 6.18. The number of anilines is 1. The second-order valence-electron chi connectivity index (χ2n) is 9.32. The Balaban J connectivity index is 1.66. The standard InChI is InChI=1S/C26H32N4O3/c1-16(2)14-22(32)26(33)30-12-10-29(11-13-30)25-19-9-8-17(3)15-20(19)27-24(28-25)23-18(4)6-5-7-21(23)31/h5-9,15-16,22,31-32H,10-14H2,1-4H3/t22-/m1/s1. The van der Waals surface area contributed by atoms with Crippen LogP contribution in [-0.2, 0) is 4.79 Å². The van der Waals surface area contributed by atoms with Gasteiger partial charge in [-0.1, -0.05) is 32.0 Å². The molecule has 174 valence electrons. The van der Waals surface area contributed by atoms with Crippen molar-refractivity contribution in [2.45, 2.75) is 40.2 Å². The number of carbonyl (C=O) groups excluding carboxylic acids is 1. The molecule has 33 heavy (non-hydrogen) atoms. The second-order valence-corrected chi connectivity index (χ2v) is 9.32. The Morgan fingerprint density at radius 2 is 1.79 bits per heavy atom. The highest BCUT2D eigenvalue weighted by atomic mass is 16.3. The molecule has 0 radical (unpaired) electrons. The molecular weight excluding hydrogens is 416 g/mol. The highest BCUT2D eigenvalue weighted by molar-refractivity contribution is 5.92. The zero-order valence-electron chi connectivity index (χ0n) is 19.7. The van der Waals surface area contributed by atoms with E-state index in [0.717, 1.165) is 27.8 Å². The molecule has 1 aliphatic rings. The fourth-order valence-corrected chi connectivity index (χ4v) is 4.42. The Bertz CT molecular complexity index is 1150. The number of phenolic OH excluding ortho intramolecular Hbond substituents is 1. The van der Waals surface area contributed by atoms with Crippen LogP contribution in [0.5, 0.6) is 5.75 Å². The molecule has 1 saturated heterocycles. The van der Waals surface area contributed by atoms with Gasteiger partial charge in [0.1, 0.15) is 17.7 Å². The van der Waals surface area contributed by atoms with E-state index in [1.807, 2.05) is 58.0 Å². The lowest BCUT2D eigenvalue weighted by Crippen LogP contribution is -2.52. The number of hydrogen-bond donors (Lipinski definition) is 2. The summed E-state index contributed by atoms with van der Waals surface area (Å²) in [6.45, 7) is 10.2. The van der Waals surface area contributed by atoms with Gasteiger partial charge in [0.15, 0.2) is 5.82 Å². The maximum Gasteiger partial charge on any atom is 0.251 e. The van der Waals surface area contributed by atoms with Gasteiger partial charge in [-0.05, 0) is 55.5 Å². The Hall–Kier alpha value is -3.19. The van der Waals surface area contributed by atoms with Crippen LogP contribution in [0.1, 0.15) is 31.4 Å². The van der Waals surface area contributed by atoms with E-state index in [2.05, 4.69) is 4.90 Å². The monoisotopic (exact) mass is 448 g/mol. The largest absolute Gasteiger partial charge is 0.507 e. The summed E-state index contributed by atoms with van der Waals surface area (Å²) in [7, 11) is 0. The minimum absolute atomic E-state index is 0.155. The van der Waals surface area contributed by atoms with Gasteiger partial charge < -0.3 is 20.0 Å². The second kappa shape index (κ2) is 9.35. The predicted octanol–water partition coefficient (Wildman–Crippen LogP) is 3.67. The fourth-order valence-electron chi connectivity index (χ4n) is 4.42. The van der Waals surface area contributed by atoms with Crippen LogP contribution >= 0.6 is 0 Å². The molecular formula is C26H32N4O3. The van der Waals surface area contributed by atoms with Crippen LogP contribution in [0.2, 0.25) is 0 Å². The summed E-state index contributed by atoms with van der Waals surface area (Å²) >= 11 is 0. The Labute approximate surface area is 194 Å². The van der Waals surface area contributed by atoms with Crippen LogP contribution in [0.3, 0.4) is 0 Å². The maximum absolute atomic E-state index is 12.6. The van der Waals surface area contributed by atoms with Crippen molar-refractivity contribution in [2.24, 2.45) is 5.92 Å². The molecule has 0 bridgehead atoms. The zero-order chi connectivity index (χ0) is 23.7. The minimum Gasteiger partial charge on any atom is -0.507 e. The van der Waals surface area contributed by atoms with E-state index in [-0.39, 0.29) is 17.6 Å². The maximum atomic E-state index is 12.6. The first kappa shape index (κ1) is 23.0. The van der Waals surface area contributed by atoms with Gasteiger partial charge in [0.2, 0.25) is 0 Å². The average molecular weight is 449 g/mol. The number of piperazine rings is 1. The number of fused-ring (bicyclic) bond motifs is 1. The van der Waals surface area contributed by atoms with E-state index in [9.17, 15) is 15.0 Å². The van der Waals surface area contributed by atoms with Gasteiger partial charge in [0.05, 0.1) is 11.1 Å². The lowest BCUT2D eigenvalue weighted by atomic mass is 10.0. The number of aliphatic hydroxyl groups excluding tert-OH is 1. The summed E-state index contributed by atoms with van der Waals surface area (Å²) < 4.78 is 0. The first-order valence-electron chi connectivity index (χ1n) is 11.5. The van der Waals surface area contributed by atoms with Crippen LogP contribution in [0.15, 0.2) is 36.4 Å². The molecule has 3 aromatic rings. The van der Waals surface area contributed by atoms with Crippen LogP contribution < -0.4 is 4.90 Å². The molecule has 2 heterocycles. The van der Waals surface area contributed by atoms with Crippen molar-refractivity contribution in [3.63, 3.8) is 0 Å². The number of amides is 1. The fraction of sp³-hybridized carbons (Fsp3) is 0.423. The van der Waals surface area contributed by atoms with Crippen LogP contribution in [-0.4, -0.2) is 63.3 Å². The Morgan fingerprint density at radius 1 is 1.06 bits per heavy atom. The van der Waals surface area contributed by atoms with E-state index < -0.39 is 6.10 Å². The number of aromatic nitrogens is 2. The summed E-state index contributed by atoms with van der Waals surface area (Å²) in [5, 5.41) is 21.7. The number of hydrogen-bond acceptors (Lipinski definition) is 6. The molecule has 0 unspecified atom stereocenters. The molecule has 7 heteroatoms. The van der Waals surface area contributed by atoms with Crippen molar-refractivity contribution in [2.75, 3.05) is 31.1 Å². The summed E-state index contributed by atoms with van der Waals surface area (Å²) in [6, 6.07) is 11.5. The third kappa shape index (κ3) is 4.78. The Morgan fingerprint density at radius 3 is 2.45 bits per heavy atom. The van der Waals surface area contributed by atoms with Gasteiger partial charge in [-0.3, -0.25) is 4.79 Å². The summed E-state index contributed by atoms with van der Waals surface area (Å²) in [5.41, 5.74) is 3.46. The van der Waals surface area contributed by atoms with E-state index >= 15 is 0 Å². The van der Waals surface area contributed by atoms with Crippen molar-refractivity contribution >= 4 is 22.6 Å². The van der Waals surface area contributed by atoms with Crippen LogP contribution in [0, 0.1) is 19.8 Å². The quantitative estimate of drug-likeness (QED) is 0.619. The van der Waals surface area contributed by atoms with Gasteiger partial charge in [0.25, 0.3) is 5.91 Å². The smallest absolute Gasteiger partial charge is 0.251 e. The van der Waals surface area contributed by atoms with E-state index in [1.165, 1.54) is 0 Å². The number of aliphatic hydroxyl groups is 1. The zero-order valence-corrected chi connectivity index (χ0v) is 19.7. The van der Waals surface area contributed by atoms with Crippen LogP contribution in [0.4, 0.5) is 5.82 Å². The van der Waals surface area contributed by atoms with Crippen LogP contribution in [0.25, 0.3) is 22.3 Å². The molecule has 1 amide bonds.